The zero-order chi connectivity index (χ0) is 17.9. The Morgan fingerprint density at radius 1 is 1.17 bits per heavy atom. The summed E-state index contributed by atoms with van der Waals surface area (Å²) in [6, 6.07) is 3.54. The van der Waals surface area contributed by atoms with Crippen molar-refractivity contribution in [1.82, 2.24) is 10.6 Å². The van der Waals surface area contributed by atoms with Crippen molar-refractivity contribution in [2.45, 2.75) is 40.2 Å². The minimum Gasteiger partial charge on any atom is -0.502 e. The average Bonchev–Trinajstić information content (AvgIpc) is 2.57. The molecule has 0 atom stereocenters. The third kappa shape index (κ3) is 6.56. The fourth-order valence-electron chi connectivity index (χ4n) is 2.27. The number of aromatic hydroxyl groups is 1. The van der Waals surface area contributed by atoms with Crippen LogP contribution in [-0.2, 0) is 6.54 Å². The van der Waals surface area contributed by atoms with Crippen LogP contribution in [-0.4, -0.2) is 38.4 Å². The van der Waals surface area contributed by atoms with Crippen LogP contribution in [0.25, 0.3) is 0 Å². The maximum atomic E-state index is 9.95. The Balaban J connectivity index is 2.74. The molecule has 0 fully saturated rings. The standard InChI is InChI=1S/C18H31N3O3/c1-6-19-18(20-9-7-8-13(2)3)21-12-14-10-15(23-4)17(22)16(11-14)24-5/h10-11,13,22H,6-9,12H2,1-5H3,(H2,19,20,21). The maximum Gasteiger partial charge on any atom is 0.200 e. The molecule has 0 bridgehead atoms. The molecule has 136 valence electrons. The predicted molar refractivity (Wildman–Crippen MR) is 98.1 cm³/mol. The van der Waals surface area contributed by atoms with Gasteiger partial charge in [-0.3, -0.25) is 0 Å². The first kappa shape index (κ1) is 19.9. The highest BCUT2D eigenvalue weighted by molar-refractivity contribution is 5.79. The van der Waals surface area contributed by atoms with Gasteiger partial charge in [-0.1, -0.05) is 13.8 Å². The number of guanidine groups is 1. The molecule has 3 N–H and O–H groups in total. The molecule has 0 aliphatic carbocycles. The van der Waals surface area contributed by atoms with Crippen LogP contribution in [0.15, 0.2) is 17.1 Å². The molecule has 0 saturated heterocycles. The van der Waals surface area contributed by atoms with Crippen molar-refractivity contribution >= 4 is 5.96 Å². The van der Waals surface area contributed by atoms with Crippen molar-refractivity contribution in [2.24, 2.45) is 10.9 Å². The normalized spacial score (nSPS) is 11.5. The van der Waals surface area contributed by atoms with Gasteiger partial charge in [0.05, 0.1) is 20.8 Å². The minimum atomic E-state index is 0.00597. The molecular weight excluding hydrogens is 306 g/mol. The van der Waals surface area contributed by atoms with E-state index >= 15 is 0 Å². The van der Waals surface area contributed by atoms with Crippen LogP contribution >= 0.6 is 0 Å². The fourth-order valence-corrected chi connectivity index (χ4v) is 2.27. The Kier molecular flexibility index (Phi) is 8.83. The molecular formula is C18H31N3O3. The molecule has 1 aromatic rings. The van der Waals surface area contributed by atoms with E-state index in [-0.39, 0.29) is 5.75 Å². The molecule has 0 unspecified atom stereocenters. The second kappa shape index (κ2) is 10.6. The number of methoxy groups -OCH3 is 2. The summed E-state index contributed by atoms with van der Waals surface area (Å²) in [6.45, 7) is 8.66. The summed E-state index contributed by atoms with van der Waals surface area (Å²) in [4.78, 5) is 4.58. The molecule has 6 nitrogen and oxygen atoms in total. The van der Waals surface area contributed by atoms with Gasteiger partial charge in [0, 0.05) is 13.1 Å². The molecule has 1 rings (SSSR count). The lowest BCUT2D eigenvalue weighted by Gasteiger charge is -2.13. The zero-order valence-corrected chi connectivity index (χ0v) is 15.5. The number of rotatable bonds is 9. The number of nitrogens with one attached hydrogen (secondary N) is 2. The van der Waals surface area contributed by atoms with Crippen LogP contribution in [0.1, 0.15) is 39.2 Å². The number of nitrogens with zero attached hydrogens (tertiary/aromatic N) is 1. The highest BCUT2D eigenvalue weighted by atomic mass is 16.5. The van der Waals surface area contributed by atoms with Crippen LogP contribution in [0.3, 0.4) is 0 Å². The summed E-state index contributed by atoms with van der Waals surface area (Å²) in [7, 11) is 3.03. The first-order valence-corrected chi connectivity index (χ1v) is 8.47. The average molecular weight is 337 g/mol. The second-order valence-electron chi connectivity index (χ2n) is 6.01. The monoisotopic (exact) mass is 337 g/mol. The van der Waals surface area contributed by atoms with E-state index in [4.69, 9.17) is 9.47 Å². The first-order valence-electron chi connectivity index (χ1n) is 8.47. The number of hydrogen-bond acceptors (Lipinski definition) is 4. The van der Waals surface area contributed by atoms with Crippen molar-refractivity contribution in [3.63, 3.8) is 0 Å². The summed E-state index contributed by atoms with van der Waals surface area (Å²) < 4.78 is 10.3. The van der Waals surface area contributed by atoms with Gasteiger partial charge in [-0.2, -0.15) is 0 Å². The lowest BCUT2D eigenvalue weighted by molar-refractivity contribution is 0.339. The molecule has 0 saturated carbocycles. The van der Waals surface area contributed by atoms with Crippen molar-refractivity contribution in [2.75, 3.05) is 27.3 Å². The van der Waals surface area contributed by atoms with E-state index in [9.17, 15) is 5.11 Å². The largest absolute Gasteiger partial charge is 0.502 e. The molecule has 6 heteroatoms. The number of phenols is 1. The number of ether oxygens (including phenoxy) is 2. The fraction of sp³-hybridized carbons (Fsp3) is 0.611. The molecule has 0 aliphatic rings. The Labute approximate surface area is 145 Å². The Morgan fingerprint density at radius 2 is 1.79 bits per heavy atom. The number of aliphatic imine (C=N–C) groups is 1. The van der Waals surface area contributed by atoms with Gasteiger partial charge in [-0.15, -0.1) is 0 Å². The molecule has 0 aliphatic heterocycles. The first-order chi connectivity index (χ1) is 11.5. The summed E-state index contributed by atoms with van der Waals surface area (Å²) in [5.74, 6) is 2.27. The quantitative estimate of drug-likeness (QED) is 0.367. The predicted octanol–water partition coefficient (Wildman–Crippen LogP) is 2.90. The molecule has 0 amide bonds. The zero-order valence-electron chi connectivity index (χ0n) is 15.5. The van der Waals surface area contributed by atoms with Crippen LogP contribution in [0, 0.1) is 5.92 Å². The lowest BCUT2D eigenvalue weighted by atomic mass is 10.1. The number of hydrogen-bond donors (Lipinski definition) is 3. The highest BCUT2D eigenvalue weighted by Gasteiger charge is 2.11. The summed E-state index contributed by atoms with van der Waals surface area (Å²) in [5, 5.41) is 16.5. The second-order valence-corrected chi connectivity index (χ2v) is 6.01. The van der Waals surface area contributed by atoms with E-state index in [0.29, 0.717) is 24.0 Å². The third-order valence-corrected chi connectivity index (χ3v) is 3.55. The number of phenolic OH excluding ortho intramolecular Hbond substituents is 1. The van der Waals surface area contributed by atoms with Crippen molar-refractivity contribution < 1.29 is 14.6 Å². The third-order valence-electron chi connectivity index (χ3n) is 3.55. The van der Waals surface area contributed by atoms with Crippen molar-refractivity contribution in [1.29, 1.82) is 0 Å². The van der Waals surface area contributed by atoms with E-state index < -0.39 is 0 Å². The van der Waals surface area contributed by atoms with Crippen LogP contribution in [0.4, 0.5) is 0 Å². The Hall–Kier alpha value is -2.11. The lowest BCUT2D eigenvalue weighted by Crippen LogP contribution is -2.37. The van der Waals surface area contributed by atoms with Gasteiger partial charge < -0.3 is 25.2 Å². The van der Waals surface area contributed by atoms with Gasteiger partial charge in [0.15, 0.2) is 17.5 Å². The van der Waals surface area contributed by atoms with Gasteiger partial charge in [0.1, 0.15) is 0 Å². The van der Waals surface area contributed by atoms with Gasteiger partial charge >= 0.3 is 0 Å². The molecule has 0 aromatic heterocycles. The summed E-state index contributed by atoms with van der Waals surface area (Å²) in [5.41, 5.74) is 0.904. The number of benzene rings is 1. The van der Waals surface area contributed by atoms with E-state index in [0.717, 1.165) is 31.0 Å². The van der Waals surface area contributed by atoms with Gasteiger partial charge in [0.25, 0.3) is 0 Å². The minimum absolute atomic E-state index is 0.00597. The van der Waals surface area contributed by atoms with E-state index in [1.54, 1.807) is 12.1 Å². The van der Waals surface area contributed by atoms with E-state index in [2.05, 4.69) is 29.5 Å². The van der Waals surface area contributed by atoms with Gasteiger partial charge in [-0.05, 0) is 43.4 Å². The van der Waals surface area contributed by atoms with Crippen LogP contribution in [0.5, 0.6) is 17.2 Å². The SMILES string of the molecule is CCNC(=NCc1cc(OC)c(O)c(OC)c1)NCCCC(C)C. The molecule has 0 spiro atoms. The van der Waals surface area contributed by atoms with Gasteiger partial charge in [0.2, 0.25) is 5.75 Å². The van der Waals surface area contributed by atoms with Crippen LogP contribution < -0.4 is 20.1 Å². The smallest absolute Gasteiger partial charge is 0.200 e. The summed E-state index contributed by atoms with van der Waals surface area (Å²) >= 11 is 0. The maximum absolute atomic E-state index is 9.95. The van der Waals surface area contributed by atoms with E-state index in [1.165, 1.54) is 20.6 Å². The Bertz CT molecular complexity index is 505. The van der Waals surface area contributed by atoms with Crippen molar-refractivity contribution in [3.05, 3.63) is 17.7 Å². The van der Waals surface area contributed by atoms with E-state index in [1.807, 2.05) is 6.92 Å². The summed E-state index contributed by atoms with van der Waals surface area (Å²) in [6.07, 6.45) is 2.31. The van der Waals surface area contributed by atoms with Crippen molar-refractivity contribution in [3.8, 4) is 17.2 Å². The Morgan fingerprint density at radius 3 is 2.29 bits per heavy atom. The molecule has 0 heterocycles. The highest BCUT2D eigenvalue weighted by Crippen LogP contribution is 2.37. The topological polar surface area (TPSA) is 75.1 Å². The molecule has 0 radical (unpaired) electrons. The van der Waals surface area contributed by atoms with Gasteiger partial charge in [-0.25, -0.2) is 4.99 Å². The molecule has 1 aromatic carbocycles. The van der Waals surface area contributed by atoms with Crippen LogP contribution in [0.2, 0.25) is 0 Å². The molecule has 24 heavy (non-hydrogen) atoms.